The number of amides is 2. The predicted molar refractivity (Wildman–Crippen MR) is 191 cm³/mol. The third-order valence-corrected chi connectivity index (χ3v) is 10.2. The van der Waals surface area contributed by atoms with Crippen molar-refractivity contribution in [1.29, 1.82) is 0 Å². The second-order valence-corrected chi connectivity index (χ2v) is 15.6. The molecule has 0 aliphatic carbocycles. The standard InChI is InChI=1S/C36H38Cl3N3O4S/c1-24-11-15-29(16-12-24)47(45,46)42(32-18-14-28(37)19-25(32)2)23-34(43)41(22-27-13-17-30(38)31(39)20-27)33(35(44)40-36(3,4)5)21-26-9-7-6-8-10-26/h6-20,33H,21-23H2,1-5H3,(H,40,44). The molecule has 1 unspecified atom stereocenters. The number of benzene rings is 4. The van der Waals surface area contributed by atoms with E-state index in [9.17, 15) is 18.0 Å². The van der Waals surface area contributed by atoms with Crippen molar-refractivity contribution in [3.05, 3.63) is 128 Å². The van der Waals surface area contributed by atoms with Gasteiger partial charge in [-0.1, -0.05) is 88.9 Å². The van der Waals surface area contributed by atoms with Crippen LogP contribution in [0.25, 0.3) is 0 Å². The van der Waals surface area contributed by atoms with E-state index in [0.717, 1.165) is 15.4 Å². The molecular weight excluding hydrogens is 677 g/mol. The van der Waals surface area contributed by atoms with Gasteiger partial charge in [0.25, 0.3) is 10.0 Å². The number of hydrogen-bond donors (Lipinski definition) is 1. The van der Waals surface area contributed by atoms with Crippen molar-refractivity contribution >= 4 is 62.3 Å². The molecule has 0 fully saturated rings. The van der Waals surface area contributed by atoms with Crippen molar-refractivity contribution in [2.75, 3.05) is 10.8 Å². The lowest BCUT2D eigenvalue weighted by atomic mass is 10.0. The second-order valence-electron chi connectivity index (χ2n) is 12.5. The van der Waals surface area contributed by atoms with E-state index in [1.54, 1.807) is 55.5 Å². The molecule has 4 aromatic carbocycles. The van der Waals surface area contributed by atoms with E-state index in [4.69, 9.17) is 34.8 Å². The van der Waals surface area contributed by atoms with Crippen LogP contribution in [0.4, 0.5) is 5.69 Å². The minimum atomic E-state index is -4.25. The summed E-state index contributed by atoms with van der Waals surface area (Å²) in [6.07, 6.45) is 0.181. The maximum atomic E-state index is 14.6. The minimum absolute atomic E-state index is 0.0209. The molecule has 0 aliphatic rings. The Balaban J connectivity index is 1.86. The van der Waals surface area contributed by atoms with Crippen molar-refractivity contribution in [2.24, 2.45) is 0 Å². The summed E-state index contributed by atoms with van der Waals surface area (Å²) in [5.74, 6) is -0.975. The molecule has 47 heavy (non-hydrogen) atoms. The zero-order chi connectivity index (χ0) is 34.5. The average molecular weight is 715 g/mol. The lowest BCUT2D eigenvalue weighted by molar-refractivity contribution is -0.140. The van der Waals surface area contributed by atoms with Gasteiger partial charge in [-0.15, -0.1) is 0 Å². The summed E-state index contributed by atoms with van der Waals surface area (Å²) in [5, 5.41) is 4.07. The highest BCUT2D eigenvalue weighted by atomic mass is 35.5. The number of nitrogens with zero attached hydrogens (tertiary/aromatic N) is 2. The molecule has 0 saturated carbocycles. The van der Waals surface area contributed by atoms with Crippen LogP contribution in [-0.4, -0.2) is 43.3 Å². The zero-order valence-corrected chi connectivity index (χ0v) is 30.0. The molecule has 2 amide bonds. The van der Waals surface area contributed by atoms with Gasteiger partial charge in [0.05, 0.1) is 20.6 Å². The van der Waals surface area contributed by atoms with E-state index in [1.165, 1.54) is 17.0 Å². The Morgan fingerprint density at radius 3 is 2.06 bits per heavy atom. The molecule has 0 bridgehead atoms. The number of sulfonamides is 1. The molecular formula is C36H38Cl3N3O4S. The van der Waals surface area contributed by atoms with Crippen LogP contribution < -0.4 is 9.62 Å². The number of anilines is 1. The molecule has 1 N–H and O–H groups in total. The quantitative estimate of drug-likeness (QED) is 0.171. The smallest absolute Gasteiger partial charge is 0.264 e. The average Bonchev–Trinajstić information content (AvgIpc) is 2.99. The molecule has 7 nitrogen and oxygen atoms in total. The Bertz CT molecular complexity index is 1840. The largest absolute Gasteiger partial charge is 0.350 e. The van der Waals surface area contributed by atoms with Crippen molar-refractivity contribution in [1.82, 2.24) is 10.2 Å². The van der Waals surface area contributed by atoms with Gasteiger partial charge in [0.15, 0.2) is 0 Å². The first-order valence-corrected chi connectivity index (χ1v) is 17.6. The lowest BCUT2D eigenvalue weighted by Crippen LogP contribution is -2.56. The van der Waals surface area contributed by atoms with Crippen molar-refractivity contribution in [3.63, 3.8) is 0 Å². The highest BCUT2D eigenvalue weighted by Crippen LogP contribution is 2.30. The van der Waals surface area contributed by atoms with Gasteiger partial charge in [0.1, 0.15) is 12.6 Å². The number of nitrogens with one attached hydrogen (secondary N) is 1. The third kappa shape index (κ3) is 9.51. The maximum absolute atomic E-state index is 14.6. The fraction of sp³-hybridized carbons (Fsp3) is 0.278. The van der Waals surface area contributed by atoms with Gasteiger partial charge >= 0.3 is 0 Å². The Kier molecular flexibility index (Phi) is 11.7. The number of carbonyl (C=O) groups is 2. The molecule has 0 radical (unpaired) electrons. The SMILES string of the molecule is Cc1ccc(S(=O)(=O)N(CC(=O)N(Cc2ccc(Cl)c(Cl)c2)C(Cc2ccccc2)C(=O)NC(C)(C)C)c2ccc(Cl)cc2C)cc1. The van der Waals surface area contributed by atoms with Crippen LogP contribution in [0, 0.1) is 13.8 Å². The van der Waals surface area contributed by atoms with Crippen LogP contribution in [0.2, 0.25) is 15.1 Å². The summed E-state index contributed by atoms with van der Waals surface area (Å²) in [6, 6.07) is 24.5. The zero-order valence-electron chi connectivity index (χ0n) is 26.9. The van der Waals surface area contributed by atoms with Crippen molar-refractivity contribution in [3.8, 4) is 0 Å². The van der Waals surface area contributed by atoms with Crippen LogP contribution in [0.5, 0.6) is 0 Å². The monoisotopic (exact) mass is 713 g/mol. The van der Waals surface area contributed by atoms with Crippen molar-refractivity contribution < 1.29 is 18.0 Å². The highest BCUT2D eigenvalue weighted by molar-refractivity contribution is 7.92. The number of rotatable bonds is 11. The van der Waals surface area contributed by atoms with Gasteiger partial charge in [-0.05, 0) is 93.8 Å². The second kappa shape index (κ2) is 15.1. The first-order chi connectivity index (χ1) is 22.0. The predicted octanol–water partition coefficient (Wildman–Crippen LogP) is 8.01. The summed E-state index contributed by atoms with van der Waals surface area (Å²) in [7, 11) is -4.25. The van der Waals surface area contributed by atoms with Gasteiger partial charge in [-0.25, -0.2) is 8.42 Å². The van der Waals surface area contributed by atoms with E-state index >= 15 is 0 Å². The van der Waals surface area contributed by atoms with Crippen molar-refractivity contribution in [2.45, 2.75) is 64.1 Å². The van der Waals surface area contributed by atoms with E-state index in [2.05, 4.69) is 5.32 Å². The van der Waals surface area contributed by atoms with E-state index in [0.29, 0.717) is 21.2 Å². The summed E-state index contributed by atoms with van der Waals surface area (Å²) in [6.45, 7) is 8.53. The minimum Gasteiger partial charge on any atom is -0.350 e. The Morgan fingerprint density at radius 1 is 0.809 bits per heavy atom. The molecule has 0 saturated heterocycles. The van der Waals surface area contributed by atoms with E-state index in [-0.39, 0.29) is 34.5 Å². The fourth-order valence-corrected chi connectivity index (χ4v) is 7.12. The molecule has 248 valence electrons. The van der Waals surface area contributed by atoms with Gasteiger partial charge < -0.3 is 10.2 Å². The topological polar surface area (TPSA) is 86.8 Å². The summed E-state index contributed by atoms with van der Waals surface area (Å²) < 4.78 is 29.6. The lowest BCUT2D eigenvalue weighted by Gasteiger charge is -2.35. The third-order valence-electron chi connectivity index (χ3n) is 7.42. The number of hydrogen-bond acceptors (Lipinski definition) is 4. The maximum Gasteiger partial charge on any atom is 0.264 e. The number of aryl methyl sites for hydroxylation is 2. The Hall–Kier alpha value is -3.56. The Morgan fingerprint density at radius 2 is 1.47 bits per heavy atom. The van der Waals surface area contributed by atoms with Gasteiger partial charge in [0, 0.05) is 23.5 Å². The number of carbonyl (C=O) groups excluding carboxylic acids is 2. The van der Waals surface area contributed by atoms with Crippen LogP contribution in [0.3, 0.4) is 0 Å². The summed E-state index contributed by atoms with van der Waals surface area (Å²) in [4.78, 5) is 30.1. The van der Waals surface area contributed by atoms with Crippen LogP contribution in [0.15, 0.2) is 95.9 Å². The molecule has 1 atom stereocenters. The van der Waals surface area contributed by atoms with Crippen LogP contribution in [-0.2, 0) is 32.6 Å². The highest BCUT2D eigenvalue weighted by Gasteiger charge is 2.36. The van der Waals surface area contributed by atoms with Gasteiger partial charge in [0.2, 0.25) is 11.8 Å². The van der Waals surface area contributed by atoms with Gasteiger partial charge in [-0.3, -0.25) is 13.9 Å². The first kappa shape index (κ1) is 36.3. The summed E-state index contributed by atoms with van der Waals surface area (Å²) in [5.41, 5.74) is 2.57. The molecule has 4 rings (SSSR count). The molecule has 11 heteroatoms. The van der Waals surface area contributed by atoms with Crippen LogP contribution in [0.1, 0.15) is 43.0 Å². The number of halogens is 3. The van der Waals surface area contributed by atoms with Crippen LogP contribution >= 0.6 is 34.8 Å². The molecule has 0 aromatic heterocycles. The first-order valence-electron chi connectivity index (χ1n) is 15.0. The molecule has 0 aliphatic heterocycles. The fourth-order valence-electron chi connectivity index (χ4n) is 5.09. The molecule has 0 spiro atoms. The van der Waals surface area contributed by atoms with E-state index < -0.39 is 34.1 Å². The Labute approximate surface area is 292 Å². The summed E-state index contributed by atoms with van der Waals surface area (Å²) >= 11 is 18.8. The normalized spacial score (nSPS) is 12.3. The molecule has 4 aromatic rings. The van der Waals surface area contributed by atoms with Gasteiger partial charge in [-0.2, -0.15) is 0 Å². The molecule has 0 heterocycles. The van der Waals surface area contributed by atoms with E-state index in [1.807, 2.05) is 58.0 Å².